The predicted octanol–water partition coefficient (Wildman–Crippen LogP) is 3.71. The van der Waals surface area contributed by atoms with Crippen molar-refractivity contribution in [1.29, 1.82) is 0 Å². The minimum Gasteiger partial charge on any atom is -0.381 e. The number of amides is 1. The van der Waals surface area contributed by atoms with Crippen LogP contribution in [0.15, 0.2) is 29.0 Å². The Bertz CT molecular complexity index is 643. The van der Waals surface area contributed by atoms with Gasteiger partial charge in [0, 0.05) is 35.4 Å². The van der Waals surface area contributed by atoms with E-state index in [1.165, 1.54) is 15.3 Å². The van der Waals surface area contributed by atoms with E-state index in [4.69, 9.17) is 4.74 Å². The number of hydrogen-bond donors (Lipinski definition) is 0. The Morgan fingerprint density at radius 3 is 2.82 bits per heavy atom. The molecule has 1 fully saturated rings. The van der Waals surface area contributed by atoms with Crippen molar-refractivity contribution < 1.29 is 9.53 Å². The molecule has 2 aliphatic rings. The van der Waals surface area contributed by atoms with E-state index in [2.05, 4.69) is 33.9 Å². The molecule has 0 aliphatic carbocycles. The molecule has 5 heteroatoms. The Morgan fingerprint density at radius 1 is 1.18 bits per heavy atom. The average molecular weight is 333 g/mol. The maximum Gasteiger partial charge on any atom is 0.226 e. The highest BCUT2D eigenvalue weighted by molar-refractivity contribution is 7.10. The van der Waals surface area contributed by atoms with Gasteiger partial charge in [-0.2, -0.15) is 0 Å². The van der Waals surface area contributed by atoms with Crippen molar-refractivity contribution in [3.8, 4) is 0 Å². The Morgan fingerprint density at radius 2 is 2.05 bits per heavy atom. The molecule has 22 heavy (non-hydrogen) atoms. The molecule has 0 unspecified atom stereocenters. The van der Waals surface area contributed by atoms with Crippen molar-refractivity contribution in [1.82, 2.24) is 4.90 Å². The molecule has 0 saturated carbocycles. The first-order chi connectivity index (χ1) is 10.8. The van der Waals surface area contributed by atoms with E-state index in [1.54, 1.807) is 11.3 Å². The summed E-state index contributed by atoms with van der Waals surface area (Å²) in [5, 5.41) is 4.26. The molecular formula is C17H19NO2S2. The van der Waals surface area contributed by atoms with Gasteiger partial charge in [-0.15, -0.1) is 22.7 Å². The monoisotopic (exact) mass is 333 g/mol. The zero-order valence-corrected chi connectivity index (χ0v) is 14.0. The zero-order chi connectivity index (χ0) is 14.9. The van der Waals surface area contributed by atoms with Gasteiger partial charge in [0.05, 0.1) is 6.04 Å². The summed E-state index contributed by atoms with van der Waals surface area (Å²) in [6.45, 7) is 2.28. The molecule has 4 rings (SSSR count). The molecule has 0 aromatic carbocycles. The van der Waals surface area contributed by atoms with Crippen molar-refractivity contribution in [3.05, 3.63) is 44.3 Å². The van der Waals surface area contributed by atoms with Crippen molar-refractivity contribution in [2.24, 2.45) is 5.92 Å². The lowest BCUT2D eigenvalue weighted by Crippen LogP contribution is -2.44. The van der Waals surface area contributed by atoms with E-state index in [1.807, 2.05) is 11.3 Å². The number of fused-ring (bicyclic) bond motifs is 1. The van der Waals surface area contributed by atoms with Crippen molar-refractivity contribution in [2.45, 2.75) is 25.3 Å². The summed E-state index contributed by atoms with van der Waals surface area (Å²) in [5.74, 6) is 0.454. The molecule has 0 N–H and O–H groups in total. The van der Waals surface area contributed by atoms with E-state index < -0.39 is 0 Å². The van der Waals surface area contributed by atoms with Gasteiger partial charge < -0.3 is 9.64 Å². The summed E-state index contributed by atoms with van der Waals surface area (Å²) in [6.07, 6.45) is 2.72. The molecule has 0 radical (unpaired) electrons. The average Bonchev–Trinajstić information content (AvgIpc) is 3.25. The van der Waals surface area contributed by atoms with Gasteiger partial charge in [0.2, 0.25) is 5.91 Å². The van der Waals surface area contributed by atoms with Crippen LogP contribution in [0.1, 0.15) is 34.2 Å². The fourth-order valence-corrected chi connectivity index (χ4v) is 5.24. The number of ether oxygens (including phenoxy) is 1. The normalized spacial score (nSPS) is 22.5. The number of rotatable bonds is 2. The maximum atomic E-state index is 13.1. The van der Waals surface area contributed by atoms with E-state index in [9.17, 15) is 4.79 Å². The van der Waals surface area contributed by atoms with E-state index in [0.29, 0.717) is 5.91 Å². The molecular weight excluding hydrogens is 314 g/mol. The summed E-state index contributed by atoms with van der Waals surface area (Å²) < 4.78 is 5.41. The van der Waals surface area contributed by atoms with Crippen LogP contribution in [-0.4, -0.2) is 30.6 Å². The van der Waals surface area contributed by atoms with Crippen molar-refractivity contribution in [2.75, 3.05) is 19.8 Å². The van der Waals surface area contributed by atoms with Crippen LogP contribution in [0.5, 0.6) is 0 Å². The van der Waals surface area contributed by atoms with Crippen LogP contribution in [0.2, 0.25) is 0 Å². The molecule has 2 aromatic rings. The standard InChI is InChI=1S/C17H19NO2S2/c19-17(12-4-8-20-9-5-12)18-7-3-14-13(6-11-22-14)16(18)15-2-1-10-21-15/h1-2,6,10-12,16H,3-5,7-9H2/t16-/m1/s1. The molecule has 116 valence electrons. The number of thiophene rings is 2. The Hall–Kier alpha value is -1.17. The summed E-state index contributed by atoms with van der Waals surface area (Å²) in [5.41, 5.74) is 1.33. The third-order valence-corrected chi connectivity index (χ3v) is 6.55. The lowest BCUT2D eigenvalue weighted by molar-refractivity contribution is -0.140. The lowest BCUT2D eigenvalue weighted by atomic mass is 9.93. The smallest absolute Gasteiger partial charge is 0.226 e. The van der Waals surface area contributed by atoms with Crippen LogP contribution < -0.4 is 0 Å². The fourth-order valence-electron chi connectivity index (χ4n) is 3.49. The third-order valence-electron chi connectivity index (χ3n) is 4.63. The van der Waals surface area contributed by atoms with E-state index in [-0.39, 0.29) is 12.0 Å². The molecule has 1 atom stereocenters. The summed E-state index contributed by atoms with van der Waals surface area (Å²) in [7, 11) is 0. The second kappa shape index (κ2) is 6.14. The van der Waals surface area contributed by atoms with Gasteiger partial charge in [-0.25, -0.2) is 0 Å². The van der Waals surface area contributed by atoms with E-state index in [0.717, 1.165) is 39.0 Å². The van der Waals surface area contributed by atoms with Crippen LogP contribution >= 0.6 is 22.7 Å². The van der Waals surface area contributed by atoms with Gasteiger partial charge in [-0.1, -0.05) is 6.07 Å². The fraction of sp³-hybridized carbons (Fsp3) is 0.471. The van der Waals surface area contributed by atoms with E-state index >= 15 is 0 Å². The lowest BCUT2D eigenvalue weighted by Gasteiger charge is -2.38. The molecule has 1 amide bonds. The number of carbonyl (C=O) groups is 1. The number of hydrogen-bond acceptors (Lipinski definition) is 4. The molecule has 2 aromatic heterocycles. The highest BCUT2D eigenvalue weighted by Gasteiger charge is 2.36. The third kappa shape index (κ3) is 2.51. The second-order valence-electron chi connectivity index (χ2n) is 5.89. The second-order valence-corrected chi connectivity index (χ2v) is 7.87. The van der Waals surface area contributed by atoms with Crippen LogP contribution in [0, 0.1) is 5.92 Å². The van der Waals surface area contributed by atoms with Gasteiger partial charge in [0.1, 0.15) is 0 Å². The van der Waals surface area contributed by atoms with Crippen LogP contribution in [0.25, 0.3) is 0 Å². The molecule has 1 saturated heterocycles. The Kier molecular flexibility index (Phi) is 4.03. The summed E-state index contributed by atoms with van der Waals surface area (Å²) in [4.78, 5) is 17.9. The molecule has 2 aliphatic heterocycles. The first-order valence-electron chi connectivity index (χ1n) is 7.82. The summed E-state index contributed by atoms with van der Waals surface area (Å²) in [6, 6.07) is 6.56. The molecule has 4 heterocycles. The van der Waals surface area contributed by atoms with Crippen molar-refractivity contribution >= 4 is 28.6 Å². The van der Waals surface area contributed by atoms with Gasteiger partial charge in [0.25, 0.3) is 0 Å². The van der Waals surface area contributed by atoms with Gasteiger partial charge in [-0.3, -0.25) is 4.79 Å². The van der Waals surface area contributed by atoms with Crippen molar-refractivity contribution in [3.63, 3.8) is 0 Å². The van der Waals surface area contributed by atoms with Gasteiger partial charge in [-0.05, 0) is 47.7 Å². The topological polar surface area (TPSA) is 29.5 Å². The zero-order valence-electron chi connectivity index (χ0n) is 12.4. The Labute approximate surface area is 138 Å². The molecule has 0 spiro atoms. The van der Waals surface area contributed by atoms with Crippen LogP contribution in [-0.2, 0) is 16.0 Å². The quantitative estimate of drug-likeness (QED) is 0.838. The number of nitrogens with zero attached hydrogens (tertiary/aromatic N) is 1. The Balaban J connectivity index is 1.67. The van der Waals surface area contributed by atoms with Crippen LogP contribution in [0.4, 0.5) is 0 Å². The minimum atomic E-state index is 0.116. The largest absolute Gasteiger partial charge is 0.381 e. The molecule has 0 bridgehead atoms. The van der Waals surface area contributed by atoms with Gasteiger partial charge in [0.15, 0.2) is 0 Å². The SMILES string of the molecule is O=C(C1CCOCC1)N1CCc2sccc2[C@@H]1c1cccs1. The van der Waals surface area contributed by atoms with Gasteiger partial charge >= 0.3 is 0 Å². The highest BCUT2D eigenvalue weighted by atomic mass is 32.1. The molecule has 3 nitrogen and oxygen atoms in total. The first kappa shape index (κ1) is 14.4. The van der Waals surface area contributed by atoms with Crippen LogP contribution in [0.3, 0.4) is 0 Å². The predicted molar refractivity (Wildman–Crippen MR) is 89.4 cm³/mol. The minimum absolute atomic E-state index is 0.116. The number of carbonyl (C=O) groups excluding carboxylic acids is 1. The highest BCUT2D eigenvalue weighted by Crippen LogP contribution is 2.40. The first-order valence-corrected chi connectivity index (χ1v) is 9.58. The maximum absolute atomic E-state index is 13.1. The summed E-state index contributed by atoms with van der Waals surface area (Å²) >= 11 is 3.57.